The van der Waals surface area contributed by atoms with E-state index in [0.717, 1.165) is 31.7 Å². The SMILES string of the molecule is C1CNC(CNCCC2CCOCC2)C1. The van der Waals surface area contributed by atoms with Gasteiger partial charge in [-0.3, -0.25) is 0 Å². The van der Waals surface area contributed by atoms with E-state index >= 15 is 0 Å². The Balaban J connectivity index is 1.47. The molecule has 3 heteroatoms. The normalized spacial score (nSPS) is 28.4. The molecule has 0 aromatic carbocycles. The lowest BCUT2D eigenvalue weighted by Crippen LogP contribution is -2.35. The molecular weight excluding hydrogens is 188 g/mol. The minimum absolute atomic E-state index is 0.736. The van der Waals surface area contributed by atoms with Gasteiger partial charge in [0.1, 0.15) is 0 Å². The lowest BCUT2D eigenvalue weighted by molar-refractivity contribution is 0.0639. The Hall–Kier alpha value is -0.120. The van der Waals surface area contributed by atoms with Gasteiger partial charge in [0.2, 0.25) is 0 Å². The second kappa shape index (κ2) is 6.46. The molecule has 88 valence electrons. The van der Waals surface area contributed by atoms with Crippen LogP contribution in [-0.2, 0) is 4.74 Å². The van der Waals surface area contributed by atoms with Gasteiger partial charge in [0.15, 0.2) is 0 Å². The van der Waals surface area contributed by atoms with Gasteiger partial charge < -0.3 is 15.4 Å². The van der Waals surface area contributed by atoms with Crippen molar-refractivity contribution in [2.24, 2.45) is 5.92 Å². The zero-order valence-electron chi connectivity index (χ0n) is 9.63. The molecule has 2 saturated heterocycles. The Morgan fingerprint density at radius 2 is 2.07 bits per heavy atom. The first-order chi connectivity index (χ1) is 7.45. The molecule has 2 aliphatic heterocycles. The summed E-state index contributed by atoms with van der Waals surface area (Å²) in [5.41, 5.74) is 0. The largest absolute Gasteiger partial charge is 0.381 e. The van der Waals surface area contributed by atoms with Crippen LogP contribution in [-0.4, -0.2) is 38.9 Å². The molecule has 0 amide bonds. The zero-order valence-corrected chi connectivity index (χ0v) is 9.63. The second-order valence-corrected chi connectivity index (χ2v) is 4.84. The first-order valence-corrected chi connectivity index (χ1v) is 6.47. The maximum absolute atomic E-state index is 5.36. The summed E-state index contributed by atoms with van der Waals surface area (Å²) in [6.45, 7) is 5.52. The minimum atomic E-state index is 0.736. The van der Waals surface area contributed by atoms with Crippen molar-refractivity contribution in [1.29, 1.82) is 0 Å². The quantitative estimate of drug-likeness (QED) is 0.671. The number of ether oxygens (including phenoxy) is 1. The maximum atomic E-state index is 5.36. The summed E-state index contributed by atoms with van der Waals surface area (Å²) in [6.07, 6.45) is 6.57. The fourth-order valence-electron chi connectivity index (χ4n) is 2.55. The van der Waals surface area contributed by atoms with Crippen LogP contribution in [0.4, 0.5) is 0 Å². The zero-order chi connectivity index (χ0) is 10.3. The third-order valence-electron chi connectivity index (χ3n) is 3.62. The van der Waals surface area contributed by atoms with Crippen molar-refractivity contribution in [2.45, 2.75) is 38.1 Å². The molecule has 0 aliphatic carbocycles. The number of rotatable bonds is 5. The van der Waals surface area contributed by atoms with E-state index in [4.69, 9.17) is 4.74 Å². The van der Waals surface area contributed by atoms with Gasteiger partial charge in [-0.1, -0.05) is 0 Å². The summed E-state index contributed by atoms with van der Waals surface area (Å²) in [6, 6.07) is 0.736. The smallest absolute Gasteiger partial charge is 0.0468 e. The van der Waals surface area contributed by atoms with Crippen LogP contribution in [0.25, 0.3) is 0 Å². The number of hydrogen-bond donors (Lipinski definition) is 2. The Bertz CT molecular complexity index is 163. The Morgan fingerprint density at radius 3 is 2.80 bits per heavy atom. The van der Waals surface area contributed by atoms with Crippen LogP contribution in [0, 0.1) is 5.92 Å². The van der Waals surface area contributed by atoms with Gasteiger partial charge in [-0.2, -0.15) is 0 Å². The number of hydrogen-bond acceptors (Lipinski definition) is 3. The van der Waals surface area contributed by atoms with E-state index in [2.05, 4.69) is 10.6 Å². The molecule has 15 heavy (non-hydrogen) atoms. The summed E-state index contributed by atoms with van der Waals surface area (Å²) in [5.74, 6) is 0.905. The fourth-order valence-corrected chi connectivity index (χ4v) is 2.55. The first-order valence-electron chi connectivity index (χ1n) is 6.47. The van der Waals surface area contributed by atoms with Crippen molar-refractivity contribution in [2.75, 3.05) is 32.8 Å². The van der Waals surface area contributed by atoms with Crippen LogP contribution >= 0.6 is 0 Å². The van der Waals surface area contributed by atoms with Crippen molar-refractivity contribution in [3.8, 4) is 0 Å². The molecule has 3 nitrogen and oxygen atoms in total. The van der Waals surface area contributed by atoms with Crippen molar-refractivity contribution in [3.05, 3.63) is 0 Å². The summed E-state index contributed by atoms with van der Waals surface area (Å²) in [4.78, 5) is 0. The molecule has 1 unspecified atom stereocenters. The Kier molecular flexibility index (Phi) is 4.90. The average molecular weight is 212 g/mol. The molecule has 2 aliphatic rings. The predicted molar refractivity (Wildman–Crippen MR) is 62.1 cm³/mol. The van der Waals surface area contributed by atoms with Gasteiger partial charge in [-0.15, -0.1) is 0 Å². The maximum Gasteiger partial charge on any atom is 0.0468 e. The standard InChI is InChI=1S/C12H24N2O/c1-2-12(14-6-1)10-13-7-3-11-4-8-15-9-5-11/h11-14H,1-10H2. The topological polar surface area (TPSA) is 33.3 Å². The highest BCUT2D eigenvalue weighted by Gasteiger charge is 2.15. The highest BCUT2D eigenvalue weighted by atomic mass is 16.5. The summed E-state index contributed by atoms with van der Waals surface area (Å²) in [5, 5.41) is 7.08. The van der Waals surface area contributed by atoms with Crippen LogP contribution in [0.1, 0.15) is 32.1 Å². The van der Waals surface area contributed by atoms with Crippen molar-refractivity contribution >= 4 is 0 Å². The highest BCUT2D eigenvalue weighted by Crippen LogP contribution is 2.17. The third kappa shape index (κ3) is 4.09. The molecule has 2 fully saturated rings. The predicted octanol–water partition coefficient (Wildman–Crippen LogP) is 1.14. The molecule has 2 heterocycles. The van der Waals surface area contributed by atoms with E-state index in [1.165, 1.54) is 45.2 Å². The van der Waals surface area contributed by atoms with Crippen molar-refractivity contribution in [3.63, 3.8) is 0 Å². The van der Waals surface area contributed by atoms with Crippen LogP contribution < -0.4 is 10.6 Å². The second-order valence-electron chi connectivity index (χ2n) is 4.84. The van der Waals surface area contributed by atoms with Crippen LogP contribution in [0.2, 0.25) is 0 Å². The lowest BCUT2D eigenvalue weighted by Gasteiger charge is -2.22. The monoisotopic (exact) mass is 212 g/mol. The molecular formula is C12H24N2O. The van der Waals surface area contributed by atoms with Crippen molar-refractivity contribution < 1.29 is 4.74 Å². The Morgan fingerprint density at radius 1 is 1.20 bits per heavy atom. The molecule has 0 spiro atoms. The van der Waals surface area contributed by atoms with E-state index in [1.54, 1.807) is 0 Å². The van der Waals surface area contributed by atoms with Gasteiger partial charge in [0.25, 0.3) is 0 Å². The molecule has 0 radical (unpaired) electrons. The van der Waals surface area contributed by atoms with Gasteiger partial charge in [0, 0.05) is 25.8 Å². The van der Waals surface area contributed by atoms with E-state index in [1.807, 2.05) is 0 Å². The molecule has 0 bridgehead atoms. The van der Waals surface area contributed by atoms with Gasteiger partial charge >= 0.3 is 0 Å². The minimum Gasteiger partial charge on any atom is -0.381 e. The first kappa shape index (κ1) is 11.4. The van der Waals surface area contributed by atoms with Crippen LogP contribution in [0.3, 0.4) is 0 Å². The lowest BCUT2D eigenvalue weighted by atomic mass is 9.97. The van der Waals surface area contributed by atoms with E-state index in [9.17, 15) is 0 Å². The molecule has 2 N–H and O–H groups in total. The van der Waals surface area contributed by atoms with Gasteiger partial charge in [0.05, 0.1) is 0 Å². The summed E-state index contributed by atoms with van der Waals surface area (Å²) < 4.78 is 5.36. The molecule has 0 aromatic heterocycles. The fraction of sp³-hybridized carbons (Fsp3) is 1.00. The van der Waals surface area contributed by atoms with Crippen LogP contribution in [0.15, 0.2) is 0 Å². The summed E-state index contributed by atoms with van der Waals surface area (Å²) >= 11 is 0. The van der Waals surface area contributed by atoms with Gasteiger partial charge in [-0.25, -0.2) is 0 Å². The molecule has 0 saturated carbocycles. The van der Waals surface area contributed by atoms with Crippen LogP contribution in [0.5, 0.6) is 0 Å². The highest BCUT2D eigenvalue weighted by molar-refractivity contribution is 4.76. The molecule has 0 aromatic rings. The van der Waals surface area contributed by atoms with Gasteiger partial charge in [-0.05, 0) is 51.1 Å². The molecule has 2 rings (SSSR count). The van der Waals surface area contributed by atoms with Crippen molar-refractivity contribution in [1.82, 2.24) is 10.6 Å². The van der Waals surface area contributed by atoms with E-state index < -0.39 is 0 Å². The molecule has 1 atom stereocenters. The van der Waals surface area contributed by atoms with E-state index in [-0.39, 0.29) is 0 Å². The summed E-state index contributed by atoms with van der Waals surface area (Å²) in [7, 11) is 0. The number of nitrogens with one attached hydrogen (secondary N) is 2. The average Bonchev–Trinajstić information content (AvgIpc) is 2.79. The Labute approximate surface area is 93.0 Å². The third-order valence-corrected chi connectivity index (χ3v) is 3.62. The van der Waals surface area contributed by atoms with E-state index in [0.29, 0.717) is 0 Å².